The van der Waals surface area contributed by atoms with Crippen molar-refractivity contribution in [1.29, 1.82) is 0 Å². The van der Waals surface area contributed by atoms with E-state index in [0.717, 1.165) is 27.1 Å². The van der Waals surface area contributed by atoms with E-state index >= 15 is 0 Å². The lowest BCUT2D eigenvalue weighted by Crippen LogP contribution is -1.99. The molecule has 0 N–H and O–H groups in total. The molecule has 0 saturated heterocycles. The molecule has 0 amide bonds. The van der Waals surface area contributed by atoms with Gasteiger partial charge in [-0.05, 0) is 64.8 Å². The average Bonchev–Trinajstić information content (AvgIpc) is 3.12. The Morgan fingerprint density at radius 1 is 1.15 bits per heavy atom. The van der Waals surface area contributed by atoms with Crippen LogP contribution in [0, 0.1) is 6.92 Å². The van der Waals surface area contributed by atoms with Crippen LogP contribution >= 0.6 is 27.3 Å². The molecule has 3 aromatic rings. The van der Waals surface area contributed by atoms with Crippen LogP contribution in [0.3, 0.4) is 0 Å². The predicted octanol–water partition coefficient (Wildman–Crippen LogP) is 6.30. The molecule has 2 aromatic carbocycles. The minimum atomic E-state index is -0.0148. The molecule has 0 saturated carbocycles. The van der Waals surface area contributed by atoms with Crippen LogP contribution < -0.4 is 9.47 Å². The molecular weight excluding hydrogens is 424 g/mol. The SMILES string of the molecule is COc1ccc(/C=C/C(=O)c2cc(Br)cs2)cc1COc1ccc(C)cc1. The third-order valence-corrected chi connectivity index (χ3v) is 5.66. The van der Waals surface area contributed by atoms with Crippen molar-refractivity contribution in [2.45, 2.75) is 13.5 Å². The summed E-state index contributed by atoms with van der Waals surface area (Å²) in [7, 11) is 1.64. The largest absolute Gasteiger partial charge is 0.496 e. The highest BCUT2D eigenvalue weighted by Gasteiger charge is 2.07. The summed E-state index contributed by atoms with van der Waals surface area (Å²) in [6.07, 6.45) is 3.40. The van der Waals surface area contributed by atoms with Crippen molar-refractivity contribution < 1.29 is 14.3 Å². The van der Waals surface area contributed by atoms with Crippen LogP contribution in [0.5, 0.6) is 11.5 Å². The second-order valence-corrected chi connectivity index (χ2v) is 7.83. The van der Waals surface area contributed by atoms with E-state index in [2.05, 4.69) is 15.9 Å². The van der Waals surface area contributed by atoms with Crippen molar-refractivity contribution >= 4 is 39.1 Å². The Kier molecular flexibility index (Phi) is 6.48. The number of aryl methyl sites for hydroxylation is 1. The number of carbonyl (C=O) groups is 1. The highest BCUT2D eigenvalue weighted by Crippen LogP contribution is 2.24. The van der Waals surface area contributed by atoms with Crippen LogP contribution in [-0.4, -0.2) is 12.9 Å². The first-order chi connectivity index (χ1) is 13.0. The average molecular weight is 443 g/mol. The number of allylic oxidation sites excluding steroid dienone is 1. The number of hydrogen-bond donors (Lipinski definition) is 0. The minimum absolute atomic E-state index is 0.0148. The number of thiophene rings is 1. The fraction of sp³-hybridized carbons (Fsp3) is 0.136. The smallest absolute Gasteiger partial charge is 0.195 e. The maximum Gasteiger partial charge on any atom is 0.195 e. The minimum Gasteiger partial charge on any atom is -0.496 e. The highest BCUT2D eigenvalue weighted by atomic mass is 79.9. The molecule has 3 nitrogen and oxygen atoms in total. The summed E-state index contributed by atoms with van der Waals surface area (Å²) in [5.74, 6) is 1.55. The molecule has 138 valence electrons. The third kappa shape index (κ3) is 5.31. The number of methoxy groups -OCH3 is 1. The van der Waals surface area contributed by atoms with Crippen LogP contribution in [0.4, 0.5) is 0 Å². The van der Waals surface area contributed by atoms with Crippen molar-refractivity contribution in [3.05, 3.63) is 86.0 Å². The highest BCUT2D eigenvalue weighted by molar-refractivity contribution is 9.10. The zero-order chi connectivity index (χ0) is 19.2. The van der Waals surface area contributed by atoms with Gasteiger partial charge in [-0.1, -0.05) is 29.8 Å². The number of hydrogen-bond acceptors (Lipinski definition) is 4. The second kappa shape index (κ2) is 9.02. The molecule has 0 fully saturated rings. The Balaban J connectivity index is 1.73. The summed E-state index contributed by atoms with van der Waals surface area (Å²) in [5, 5.41) is 1.90. The fourth-order valence-electron chi connectivity index (χ4n) is 2.51. The zero-order valence-electron chi connectivity index (χ0n) is 15.1. The lowest BCUT2D eigenvalue weighted by molar-refractivity contribution is 0.105. The molecule has 0 aliphatic heterocycles. The Morgan fingerprint density at radius 3 is 2.59 bits per heavy atom. The lowest BCUT2D eigenvalue weighted by atomic mass is 10.1. The van der Waals surface area contributed by atoms with Gasteiger partial charge in [0.1, 0.15) is 18.1 Å². The van der Waals surface area contributed by atoms with Gasteiger partial charge in [0.2, 0.25) is 0 Å². The maximum atomic E-state index is 12.2. The topological polar surface area (TPSA) is 35.5 Å². The van der Waals surface area contributed by atoms with Crippen LogP contribution in [0.15, 0.2) is 64.5 Å². The normalized spacial score (nSPS) is 10.9. The molecule has 3 rings (SSSR count). The molecule has 0 aliphatic carbocycles. The summed E-state index contributed by atoms with van der Waals surface area (Å²) < 4.78 is 12.2. The van der Waals surface area contributed by atoms with Crippen LogP contribution in [-0.2, 0) is 6.61 Å². The summed E-state index contributed by atoms with van der Waals surface area (Å²) >= 11 is 4.79. The van der Waals surface area contributed by atoms with Crippen molar-refractivity contribution in [3.63, 3.8) is 0 Å². The second-order valence-electron chi connectivity index (χ2n) is 6.00. The van der Waals surface area contributed by atoms with Crippen molar-refractivity contribution in [1.82, 2.24) is 0 Å². The maximum absolute atomic E-state index is 12.2. The first-order valence-corrected chi connectivity index (χ1v) is 10.1. The Bertz CT molecular complexity index is 958. The van der Waals surface area contributed by atoms with Gasteiger partial charge in [0.05, 0.1) is 12.0 Å². The summed E-state index contributed by atoms with van der Waals surface area (Å²) in [6, 6.07) is 15.5. The van der Waals surface area contributed by atoms with Gasteiger partial charge in [0.25, 0.3) is 0 Å². The van der Waals surface area contributed by atoms with Gasteiger partial charge in [0, 0.05) is 15.4 Å². The molecule has 27 heavy (non-hydrogen) atoms. The first kappa shape index (κ1) is 19.4. The van der Waals surface area contributed by atoms with Crippen molar-refractivity contribution in [2.75, 3.05) is 7.11 Å². The number of carbonyl (C=O) groups excluding carboxylic acids is 1. The van der Waals surface area contributed by atoms with Crippen LogP contribution in [0.1, 0.15) is 26.4 Å². The number of benzene rings is 2. The first-order valence-electron chi connectivity index (χ1n) is 8.38. The standard InChI is InChI=1S/C22H19BrO3S/c1-15-3-7-19(8-4-15)26-13-17-11-16(6-10-21(17)25-2)5-9-20(24)22-12-18(23)14-27-22/h3-12,14H,13H2,1-2H3/b9-5+. The van der Waals surface area contributed by atoms with Gasteiger partial charge < -0.3 is 9.47 Å². The number of halogens is 1. The van der Waals surface area contributed by atoms with E-state index < -0.39 is 0 Å². The molecule has 0 bridgehead atoms. The van der Waals surface area contributed by atoms with Gasteiger partial charge in [-0.25, -0.2) is 0 Å². The van der Waals surface area contributed by atoms with Crippen molar-refractivity contribution in [3.8, 4) is 11.5 Å². The zero-order valence-corrected chi connectivity index (χ0v) is 17.5. The predicted molar refractivity (Wildman–Crippen MR) is 114 cm³/mol. The quantitative estimate of drug-likeness (QED) is 0.318. The van der Waals surface area contributed by atoms with Crippen molar-refractivity contribution in [2.24, 2.45) is 0 Å². The monoisotopic (exact) mass is 442 g/mol. The van der Waals surface area contributed by atoms with Gasteiger partial charge in [-0.2, -0.15) is 0 Å². The van der Waals surface area contributed by atoms with Gasteiger partial charge in [-0.15, -0.1) is 11.3 Å². The van der Waals surface area contributed by atoms with E-state index in [9.17, 15) is 4.79 Å². The molecule has 1 heterocycles. The Labute approximate surface area is 171 Å². The van der Waals surface area contributed by atoms with E-state index in [4.69, 9.17) is 9.47 Å². The van der Waals surface area contributed by atoms with Crippen LogP contribution in [0.25, 0.3) is 6.08 Å². The van der Waals surface area contributed by atoms with E-state index in [-0.39, 0.29) is 5.78 Å². The van der Waals surface area contributed by atoms with Crippen LogP contribution in [0.2, 0.25) is 0 Å². The molecular formula is C22H19BrO3S. The molecule has 5 heteroatoms. The van der Waals surface area contributed by atoms with E-state index in [1.165, 1.54) is 16.9 Å². The molecule has 0 unspecified atom stereocenters. The van der Waals surface area contributed by atoms with Gasteiger partial charge >= 0.3 is 0 Å². The third-order valence-electron chi connectivity index (χ3n) is 3.96. The lowest BCUT2D eigenvalue weighted by Gasteiger charge is -2.11. The fourth-order valence-corrected chi connectivity index (χ4v) is 3.85. The molecule has 0 radical (unpaired) electrons. The summed E-state index contributed by atoms with van der Waals surface area (Å²) in [4.78, 5) is 12.9. The summed E-state index contributed by atoms with van der Waals surface area (Å²) in [5.41, 5.74) is 3.03. The Hall–Kier alpha value is -2.37. The molecule has 1 aromatic heterocycles. The Morgan fingerprint density at radius 2 is 1.93 bits per heavy atom. The van der Waals surface area contributed by atoms with E-state index in [0.29, 0.717) is 11.5 Å². The number of ketones is 1. The molecule has 0 aliphatic rings. The van der Waals surface area contributed by atoms with E-state index in [1.807, 2.05) is 66.9 Å². The van der Waals surface area contributed by atoms with Gasteiger partial charge in [-0.3, -0.25) is 4.79 Å². The number of rotatable bonds is 7. The molecule has 0 spiro atoms. The van der Waals surface area contributed by atoms with E-state index in [1.54, 1.807) is 13.2 Å². The van der Waals surface area contributed by atoms with Gasteiger partial charge in [0.15, 0.2) is 5.78 Å². The number of ether oxygens (including phenoxy) is 2. The summed E-state index contributed by atoms with van der Waals surface area (Å²) in [6.45, 7) is 2.43. The molecule has 0 atom stereocenters.